The quantitative estimate of drug-likeness (QED) is 0.559. The number of aromatic nitrogens is 2. The van der Waals surface area contributed by atoms with Crippen LogP contribution < -0.4 is 11.3 Å². The van der Waals surface area contributed by atoms with E-state index in [-0.39, 0.29) is 5.02 Å². The molecule has 3 rings (SSSR count). The average Bonchev–Trinajstić information content (AvgIpc) is 2.80. The molecule has 3 aromatic rings. The number of hydrogen-bond acceptors (Lipinski definition) is 5. The minimum atomic E-state index is -0.472. The van der Waals surface area contributed by atoms with E-state index in [0.717, 1.165) is 15.1 Å². The van der Waals surface area contributed by atoms with Crippen LogP contribution in [-0.4, -0.2) is 9.97 Å². The van der Waals surface area contributed by atoms with Crippen molar-refractivity contribution in [2.24, 2.45) is 5.84 Å². The van der Waals surface area contributed by atoms with Crippen molar-refractivity contribution in [1.29, 1.82) is 0 Å². The summed E-state index contributed by atoms with van der Waals surface area (Å²) < 4.78 is 13.2. The summed E-state index contributed by atoms with van der Waals surface area (Å²) in [7, 11) is 0. The van der Waals surface area contributed by atoms with Gasteiger partial charge in [0, 0.05) is 10.4 Å². The van der Waals surface area contributed by atoms with Gasteiger partial charge in [-0.15, -0.1) is 11.3 Å². The maximum absolute atomic E-state index is 13.2. The van der Waals surface area contributed by atoms with Gasteiger partial charge in [0.05, 0.1) is 10.4 Å². The fourth-order valence-corrected chi connectivity index (χ4v) is 2.98. The number of hydrogen-bond donors (Lipinski definition) is 2. The molecular weight excluding hydrogens is 299 g/mol. The van der Waals surface area contributed by atoms with Crippen LogP contribution in [0.15, 0.2) is 24.3 Å². The second-order valence-corrected chi connectivity index (χ2v) is 5.89. The Kier molecular flexibility index (Phi) is 3.29. The molecule has 0 aliphatic heterocycles. The van der Waals surface area contributed by atoms with Crippen LogP contribution in [-0.2, 0) is 0 Å². The number of nitrogen functional groups attached to an aromatic ring is 1. The summed E-state index contributed by atoms with van der Waals surface area (Å²) in [6, 6.07) is 6.35. The lowest BCUT2D eigenvalue weighted by Gasteiger charge is -2.05. The molecule has 0 aliphatic rings. The number of rotatable bonds is 2. The predicted octanol–water partition coefficient (Wildman–Crippen LogP) is 3.74. The van der Waals surface area contributed by atoms with Crippen molar-refractivity contribution in [3.63, 3.8) is 0 Å². The Morgan fingerprint density at radius 3 is 2.80 bits per heavy atom. The van der Waals surface area contributed by atoms with E-state index >= 15 is 0 Å². The Morgan fingerprint density at radius 1 is 1.30 bits per heavy atom. The number of fused-ring (bicyclic) bond motifs is 1. The highest BCUT2D eigenvalue weighted by atomic mass is 35.5. The molecule has 3 N–H and O–H groups in total. The van der Waals surface area contributed by atoms with Gasteiger partial charge in [-0.25, -0.2) is 20.2 Å². The second-order valence-electron chi connectivity index (χ2n) is 4.24. The van der Waals surface area contributed by atoms with Crippen LogP contribution in [0.5, 0.6) is 0 Å². The molecule has 0 amide bonds. The Hall–Kier alpha value is -1.76. The molecule has 102 valence electrons. The van der Waals surface area contributed by atoms with Gasteiger partial charge >= 0.3 is 0 Å². The lowest BCUT2D eigenvalue weighted by Crippen LogP contribution is -2.09. The van der Waals surface area contributed by atoms with E-state index in [1.165, 1.54) is 12.1 Å². The van der Waals surface area contributed by atoms with Gasteiger partial charge in [0.1, 0.15) is 10.6 Å². The Balaban J connectivity index is 2.22. The molecule has 0 atom stereocenters. The highest BCUT2D eigenvalue weighted by Gasteiger charge is 2.12. The van der Waals surface area contributed by atoms with Crippen molar-refractivity contribution in [2.45, 2.75) is 6.92 Å². The third-order valence-corrected chi connectivity index (χ3v) is 4.06. The molecular formula is C13H10ClFN4S. The molecule has 2 aromatic heterocycles. The van der Waals surface area contributed by atoms with E-state index < -0.39 is 5.82 Å². The molecule has 4 nitrogen and oxygen atoms in total. The summed E-state index contributed by atoms with van der Waals surface area (Å²) >= 11 is 7.34. The van der Waals surface area contributed by atoms with Crippen molar-refractivity contribution in [3.8, 4) is 11.4 Å². The number of nitrogens with zero attached hydrogens (tertiary/aromatic N) is 2. The first-order chi connectivity index (χ1) is 9.58. The molecule has 0 fully saturated rings. The molecule has 2 heterocycles. The fourth-order valence-electron chi connectivity index (χ4n) is 1.92. The molecule has 7 heteroatoms. The van der Waals surface area contributed by atoms with Gasteiger partial charge in [-0.2, -0.15) is 0 Å². The first-order valence-corrected chi connectivity index (χ1v) is 6.98. The third-order valence-electron chi connectivity index (χ3n) is 2.83. The van der Waals surface area contributed by atoms with Gasteiger partial charge in [-0.3, -0.25) is 0 Å². The summed E-state index contributed by atoms with van der Waals surface area (Å²) in [4.78, 5) is 10.8. The van der Waals surface area contributed by atoms with Gasteiger partial charge in [0.15, 0.2) is 11.6 Å². The lowest BCUT2D eigenvalue weighted by atomic mass is 10.2. The fraction of sp³-hybridized carbons (Fsp3) is 0.0769. The van der Waals surface area contributed by atoms with Crippen LogP contribution in [0.3, 0.4) is 0 Å². The minimum Gasteiger partial charge on any atom is -0.308 e. The largest absolute Gasteiger partial charge is 0.308 e. The highest BCUT2D eigenvalue weighted by molar-refractivity contribution is 7.18. The summed E-state index contributed by atoms with van der Waals surface area (Å²) in [5, 5.41) is 0.905. The number of nitrogens with two attached hydrogens (primary N) is 1. The molecule has 0 radical (unpaired) electrons. The van der Waals surface area contributed by atoms with E-state index in [0.29, 0.717) is 17.2 Å². The number of halogens is 2. The topological polar surface area (TPSA) is 63.8 Å². The standard InChI is InChI=1S/C13H10ClFN4S/c1-6-4-8-12(19-16)17-11(18-13(8)20-6)7-2-3-10(15)9(14)5-7/h2-5H,16H2,1H3,(H,17,18,19). The predicted molar refractivity (Wildman–Crippen MR) is 80.4 cm³/mol. The average molecular weight is 309 g/mol. The normalized spacial score (nSPS) is 11.0. The molecule has 0 unspecified atom stereocenters. The van der Waals surface area contributed by atoms with Crippen molar-refractivity contribution in [3.05, 3.63) is 40.0 Å². The highest BCUT2D eigenvalue weighted by Crippen LogP contribution is 2.31. The van der Waals surface area contributed by atoms with Crippen LogP contribution >= 0.6 is 22.9 Å². The maximum atomic E-state index is 13.2. The van der Waals surface area contributed by atoms with Crippen LogP contribution in [0.25, 0.3) is 21.6 Å². The Bertz CT molecular complexity index is 802. The number of anilines is 1. The van der Waals surface area contributed by atoms with Crippen LogP contribution in [0.2, 0.25) is 5.02 Å². The van der Waals surface area contributed by atoms with Crippen molar-refractivity contribution in [2.75, 3.05) is 5.43 Å². The minimum absolute atomic E-state index is 0.0378. The molecule has 1 aromatic carbocycles. The monoisotopic (exact) mass is 308 g/mol. The molecule has 0 spiro atoms. The Morgan fingerprint density at radius 2 is 2.10 bits per heavy atom. The number of nitrogens with one attached hydrogen (secondary N) is 1. The first-order valence-electron chi connectivity index (χ1n) is 5.78. The Labute approximate surface area is 123 Å². The zero-order valence-electron chi connectivity index (χ0n) is 10.4. The van der Waals surface area contributed by atoms with Crippen molar-refractivity contribution < 1.29 is 4.39 Å². The summed E-state index contributed by atoms with van der Waals surface area (Å²) in [5.74, 6) is 6.02. The number of aryl methyl sites for hydroxylation is 1. The summed E-state index contributed by atoms with van der Waals surface area (Å²) in [6.07, 6.45) is 0. The summed E-state index contributed by atoms with van der Waals surface area (Å²) in [5.41, 5.74) is 3.21. The van der Waals surface area contributed by atoms with Gasteiger partial charge in [-0.1, -0.05) is 11.6 Å². The maximum Gasteiger partial charge on any atom is 0.163 e. The summed E-state index contributed by atoms with van der Waals surface area (Å²) in [6.45, 7) is 1.99. The molecule has 0 saturated heterocycles. The third kappa shape index (κ3) is 2.22. The molecule has 20 heavy (non-hydrogen) atoms. The van der Waals surface area contributed by atoms with Gasteiger partial charge in [-0.05, 0) is 31.2 Å². The van der Waals surface area contributed by atoms with Crippen LogP contribution in [0.1, 0.15) is 4.88 Å². The lowest BCUT2D eigenvalue weighted by molar-refractivity contribution is 0.628. The van der Waals surface area contributed by atoms with Crippen molar-refractivity contribution in [1.82, 2.24) is 9.97 Å². The smallest absolute Gasteiger partial charge is 0.163 e. The van der Waals surface area contributed by atoms with Gasteiger partial charge in [0.2, 0.25) is 0 Å². The zero-order valence-corrected chi connectivity index (χ0v) is 12.0. The molecule has 0 aliphatic carbocycles. The van der Waals surface area contributed by atoms with Crippen molar-refractivity contribution >= 4 is 39.0 Å². The number of benzene rings is 1. The van der Waals surface area contributed by atoms with Gasteiger partial charge < -0.3 is 5.43 Å². The van der Waals surface area contributed by atoms with E-state index in [2.05, 4.69) is 15.4 Å². The number of thiophene rings is 1. The first kappa shape index (κ1) is 13.2. The van der Waals surface area contributed by atoms with Crippen LogP contribution in [0, 0.1) is 12.7 Å². The van der Waals surface area contributed by atoms with E-state index in [1.807, 2.05) is 13.0 Å². The second kappa shape index (κ2) is 4.97. The van der Waals surface area contributed by atoms with Gasteiger partial charge in [0.25, 0.3) is 0 Å². The molecule has 0 saturated carbocycles. The van der Waals surface area contributed by atoms with E-state index in [9.17, 15) is 4.39 Å². The SMILES string of the molecule is Cc1cc2c(NN)nc(-c3ccc(F)c(Cl)c3)nc2s1. The zero-order chi connectivity index (χ0) is 14.3. The van der Waals surface area contributed by atoms with E-state index in [1.54, 1.807) is 17.4 Å². The molecule has 0 bridgehead atoms. The number of hydrazine groups is 1. The van der Waals surface area contributed by atoms with Crippen LogP contribution in [0.4, 0.5) is 10.2 Å². The van der Waals surface area contributed by atoms with E-state index in [4.69, 9.17) is 17.4 Å².